The summed E-state index contributed by atoms with van der Waals surface area (Å²) in [6.07, 6.45) is 11.0. The third-order valence-electron chi connectivity index (χ3n) is 4.08. The van der Waals surface area contributed by atoms with Gasteiger partial charge < -0.3 is 25.0 Å². The topological polar surface area (TPSA) is 81.3 Å². The van der Waals surface area contributed by atoms with E-state index in [0.29, 0.717) is 17.6 Å². The van der Waals surface area contributed by atoms with Gasteiger partial charge in [-0.15, -0.1) is 0 Å². The molecule has 1 atom stereocenters. The van der Waals surface area contributed by atoms with Gasteiger partial charge in [0.05, 0.1) is 33.7 Å². The Morgan fingerprint density at radius 3 is 1.92 bits per heavy atom. The highest BCUT2D eigenvalue weighted by molar-refractivity contribution is 5.75. The highest BCUT2D eigenvalue weighted by Crippen LogP contribution is 2.09. The number of carbonyl (C=O) groups is 2. The van der Waals surface area contributed by atoms with Crippen LogP contribution in [0.4, 0.5) is 4.79 Å². The van der Waals surface area contributed by atoms with Gasteiger partial charge in [0.1, 0.15) is 0 Å². The van der Waals surface area contributed by atoms with Crippen molar-refractivity contribution >= 4 is 12.0 Å². The van der Waals surface area contributed by atoms with Crippen LogP contribution < -0.4 is 15.7 Å². The van der Waals surface area contributed by atoms with Crippen molar-refractivity contribution in [3.8, 4) is 0 Å². The van der Waals surface area contributed by atoms with E-state index < -0.39 is 12.0 Å². The second-order valence-corrected chi connectivity index (χ2v) is 7.97. The first-order chi connectivity index (χ1) is 11.7. The molecule has 6 nitrogen and oxygen atoms in total. The highest BCUT2D eigenvalue weighted by atomic mass is 16.4. The van der Waals surface area contributed by atoms with Gasteiger partial charge in [-0.2, -0.15) is 0 Å². The third-order valence-corrected chi connectivity index (χ3v) is 4.08. The van der Waals surface area contributed by atoms with Crippen molar-refractivity contribution in [2.45, 2.75) is 77.2 Å². The van der Waals surface area contributed by atoms with Crippen LogP contribution in [0.15, 0.2) is 0 Å². The van der Waals surface area contributed by atoms with Crippen molar-refractivity contribution in [1.29, 1.82) is 0 Å². The average molecular weight is 358 g/mol. The summed E-state index contributed by atoms with van der Waals surface area (Å²) in [6.45, 7) is 3.40. The highest BCUT2D eigenvalue weighted by Gasteiger charge is 2.20. The summed E-state index contributed by atoms with van der Waals surface area (Å²) in [5, 5.41) is 16.4. The third kappa shape index (κ3) is 17.3. The molecule has 0 aliphatic rings. The molecule has 0 aromatic rings. The van der Waals surface area contributed by atoms with E-state index in [9.17, 15) is 14.7 Å². The molecule has 0 fully saturated rings. The second-order valence-electron chi connectivity index (χ2n) is 7.97. The maximum absolute atomic E-state index is 11.9. The molecule has 0 rings (SSSR count). The number of carboxylic acid groups (broad SMARTS) is 1. The minimum absolute atomic E-state index is 0.166. The predicted molar refractivity (Wildman–Crippen MR) is 100 cm³/mol. The summed E-state index contributed by atoms with van der Waals surface area (Å²) >= 11 is 0. The van der Waals surface area contributed by atoms with Crippen LogP contribution in [0, 0.1) is 0 Å². The molecule has 0 saturated carbocycles. The lowest BCUT2D eigenvalue weighted by molar-refractivity contribution is -0.871. The number of hydrogen-bond donors (Lipinski definition) is 2. The van der Waals surface area contributed by atoms with Crippen molar-refractivity contribution < 1.29 is 19.2 Å². The summed E-state index contributed by atoms with van der Waals surface area (Å²) in [6, 6.07) is -0.715. The Kier molecular flexibility index (Phi) is 13.2. The minimum Gasteiger partial charge on any atom is -0.550 e. The van der Waals surface area contributed by atoms with Gasteiger partial charge >= 0.3 is 6.03 Å². The number of unbranched alkanes of at least 4 members (excludes halogenated alkanes) is 8. The van der Waals surface area contributed by atoms with E-state index in [2.05, 4.69) is 17.6 Å². The number of quaternary nitrogens is 1. The van der Waals surface area contributed by atoms with Crippen LogP contribution in [0.2, 0.25) is 0 Å². The molecule has 0 spiro atoms. The molecule has 0 aliphatic heterocycles. The van der Waals surface area contributed by atoms with E-state index in [0.717, 1.165) is 12.8 Å². The fraction of sp³-hybridized carbons (Fsp3) is 0.895. The molecule has 0 radical (unpaired) electrons. The molecule has 0 aromatic carbocycles. The normalized spacial score (nSPS) is 12.6. The maximum atomic E-state index is 11.9. The van der Waals surface area contributed by atoms with Crippen LogP contribution >= 0.6 is 0 Å². The number of carbonyl (C=O) groups excluding carboxylic acids is 2. The van der Waals surface area contributed by atoms with Gasteiger partial charge in [-0.05, 0) is 6.42 Å². The lowest BCUT2D eigenvalue weighted by atomic mass is 10.1. The molecule has 25 heavy (non-hydrogen) atoms. The van der Waals surface area contributed by atoms with E-state index in [-0.39, 0.29) is 12.5 Å². The summed E-state index contributed by atoms with van der Waals surface area (Å²) in [5.41, 5.74) is 0. The Bertz CT molecular complexity index is 367. The summed E-state index contributed by atoms with van der Waals surface area (Å²) in [5.74, 6) is -1.14. The van der Waals surface area contributed by atoms with Crippen molar-refractivity contribution in [3.05, 3.63) is 0 Å². The van der Waals surface area contributed by atoms with Gasteiger partial charge in [-0.3, -0.25) is 0 Å². The lowest BCUT2D eigenvalue weighted by Gasteiger charge is -2.30. The SMILES string of the molecule is CCCCCCCCCCCNC(=O)N[C@H](CC(=O)[O-])C[N+](C)(C)C. The van der Waals surface area contributed by atoms with E-state index >= 15 is 0 Å². The minimum atomic E-state index is -1.14. The Hall–Kier alpha value is -1.30. The van der Waals surface area contributed by atoms with Gasteiger partial charge in [-0.1, -0.05) is 58.3 Å². The van der Waals surface area contributed by atoms with Crippen LogP contribution in [0.1, 0.15) is 71.1 Å². The number of hydrogen-bond acceptors (Lipinski definition) is 3. The molecule has 6 heteroatoms. The summed E-state index contributed by atoms with van der Waals surface area (Å²) < 4.78 is 0.580. The van der Waals surface area contributed by atoms with Crippen molar-refractivity contribution in [2.75, 3.05) is 34.2 Å². The zero-order valence-electron chi connectivity index (χ0n) is 16.7. The zero-order chi connectivity index (χ0) is 19.1. The van der Waals surface area contributed by atoms with E-state index in [1.165, 1.54) is 44.9 Å². The number of aliphatic carboxylic acids is 1. The Labute approximate surface area is 153 Å². The smallest absolute Gasteiger partial charge is 0.315 e. The quantitative estimate of drug-likeness (QED) is 0.347. The fourth-order valence-corrected chi connectivity index (χ4v) is 2.90. The molecule has 0 saturated heterocycles. The van der Waals surface area contributed by atoms with E-state index in [4.69, 9.17) is 0 Å². The number of carboxylic acids is 1. The average Bonchev–Trinajstić information content (AvgIpc) is 2.46. The van der Waals surface area contributed by atoms with Crippen molar-refractivity contribution in [3.63, 3.8) is 0 Å². The first-order valence-electron chi connectivity index (χ1n) is 9.79. The molecule has 148 valence electrons. The van der Waals surface area contributed by atoms with Gasteiger partial charge in [-0.25, -0.2) is 4.79 Å². The molecule has 2 amide bonds. The Morgan fingerprint density at radius 1 is 0.920 bits per heavy atom. The predicted octanol–water partition coefficient (Wildman–Crippen LogP) is 2.03. The second kappa shape index (κ2) is 13.9. The molecule has 0 heterocycles. The number of amides is 2. The molecular weight excluding hydrogens is 318 g/mol. The van der Waals surface area contributed by atoms with Gasteiger partial charge in [0.15, 0.2) is 0 Å². The number of nitrogens with zero attached hydrogens (tertiary/aromatic N) is 1. The van der Waals surface area contributed by atoms with Gasteiger partial charge in [0.2, 0.25) is 0 Å². The maximum Gasteiger partial charge on any atom is 0.315 e. The molecule has 0 aromatic heterocycles. The number of likely N-dealkylation sites (N-methyl/N-ethyl adjacent to an activating group) is 1. The molecule has 0 bridgehead atoms. The Morgan fingerprint density at radius 2 is 1.44 bits per heavy atom. The summed E-state index contributed by atoms with van der Waals surface area (Å²) in [4.78, 5) is 22.7. The molecule has 0 unspecified atom stereocenters. The number of urea groups is 1. The van der Waals surface area contributed by atoms with Crippen LogP contribution in [0.3, 0.4) is 0 Å². The van der Waals surface area contributed by atoms with Crippen molar-refractivity contribution in [1.82, 2.24) is 10.6 Å². The van der Waals surface area contributed by atoms with Crippen LogP contribution in [-0.4, -0.2) is 56.8 Å². The number of nitrogens with one attached hydrogen (secondary N) is 2. The molecule has 0 aliphatic carbocycles. The van der Waals surface area contributed by atoms with Crippen LogP contribution in [0.5, 0.6) is 0 Å². The van der Waals surface area contributed by atoms with E-state index in [1.54, 1.807) is 0 Å². The number of rotatable bonds is 15. The molecule has 2 N–H and O–H groups in total. The zero-order valence-corrected chi connectivity index (χ0v) is 16.7. The van der Waals surface area contributed by atoms with Crippen LogP contribution in [0.25, 0.3) is 0 Å². The lowest BCUT2D eigenvalue weighted by Crippen LogP contribution is -2.53. The first kappa shape index (κ1) is 23.7. The standard InChI is InChI=1S/C19H39N3O3/c1-5-6-7-8-9-10-11-12-13-14-20-19(25)21-17(15-18(23)24)16-22(2,3)4/h17H,5-16H2,1-4H3,(H2-,20,21,23,24,25)/t17-/m1/s1. The fourth-order valence-electron chi connectivity index (χ4n) is 2.90. The summed E-state index contributed by atoms with van der Waals surface area (Å²) in [7, 11) is 5.89. The van der Waals surface area contributed by atoms with Crippen molar-refractivity contribution in [2.24, 2.45) is 0 Å². The Balaban J connectivity index is 3.77. The first-order valence-corrected chi connectivity index (χ1v) is 9.79. The monoisotopic (exact) mass is 357 g/mol. The largest absolute Gasteiger partial charge is 0.550 e. The van der Waals surface area contributed by atoms with Gasteiger partial charge in [0.25, 0.3) is 0 Å². The van der Waals surface area contributed by atoms with Gasteiger partial charge in [0, 0.05) is 18.9 Å². The van der Waals surface area contributed by atoms with Crippen LogP contribution in [-0.2, 0) is 4.79 Å². The van der Waals surface area contributed by atoms with E-state index in [1.807, 2.05) is 21.1 Å². The molecular formula is C19H39N3O3.